The third kappa shape index (κ3) is 2.07. The van der Waals surface area contributed by atoms with Crippen LogP contribution in [0.15, 0.2) is 0 Å². The van der Waals surface area contributed by atoms with Crippen molar-refractivity contribution in [2.45, 2.75) is 75.9 Å². The third-order valence-corrected chi connectivity index (χ3v) is 6.04. The van der Waals surface area contributed by atoms with Crippen LogP contribution in [0.5, 0.6) is 0 Å². The predicted molar refractivity (Wildman–Crippen MR) is 68.9 cm³/mol. The molecule has 0 nitrogen and oxygen atoms in total. The van der Waals surface area contributed by atoms with Crippen molar-refractivity contribution < 1.29 is 15.7 Å². The molecule has 0 amide bonds. The molecule has 0 aromatic rings. The van der Waals surface area contributed by atoms with E-state index in [1.807, 2.05) is 0 Å². The molecule has 88 valence electrons. The van der Waals surface area contributed by atoms with Gasteiger partial charge in [0.25, 0.3) is 0 Å². The van der Waals surface area contributed by atoms with Crippen LogP contribution < -0.4 is 0 Å². The van der Waals surface area contributed by atoms with Crippen LogP contribution in [0.2, 0.25) is 28.4 Å². The van der Waals surface area contributed by atoms with Gasteiger partial charge in [-0.05, 0) is 0 Å². The van der Waals surface area contributed by atoms with E-state index in [9.17, 15) is 0 Å². The quantitative estimate of drug-likeness (QED) is 0.649. The van der Waals surface area contributed by atoms with Gasteiger partial charge in [-0.25, -0.2) is 0 Å². The molecule has 1 aliphatic rings. The molecule has 3 atom stereocenters. The summed E-state index contributed by atoms with van der Waals surface area (Å²) in [6, 6.07) is 0. The second kappa shape index (κ2) is 5.31. The molecule has 0 aromatic carbocycles. The normalized spacial score (nSPS) is 36.5. The van der Waals surface area contributed by atoms with Gasteiger partial charge < -0.3 is 0 Å². The van der Waals surface area contributed by atoms with Gasteiger partial charge in [0.15, 0.2) is 0 Å². The Bertz CT molecular complexity index is 210. The van der Waals surface area contributed by atoms with Crippen LogP contribution in [-0.2, 0) is 15.7 Å². The summed E-state index contributed by atoms with van der Waals surface area (Å²) in [7, 11) is 0. The Morgan fingerprint density at radius 3 is 2.07 bits per heavy atom. The monoisotopic (exact) mass is 250 g/mol. The van der Waals surface area contributed by atoms with E-state index < -0.39 is 0 Å². The maximum absolute atomic E-state index is 5.16. The minimum absolute atomic E-state index is 0.302. The van der Waals surface area contributed by atoms with Gasteiger partial charge in [0.1, 0.15) is 0 Å². The minimum atomic E-state index is 0.302. The van der Waals surface area contributed by atoms with Crippen LogP contribution in [0.25, 0.3) is 0 Å². The van der Waals surface area contributed by atoms with E-state index >= 15 is 0 Å². The van der Waals surface area contributed by atoms with Crippen molar-refractivity contribution in [3.8, 4) is 0 Å². The maximum atomic E-state index is 5.16. The SMILES string of the molecule is CCB1C(C)B(CC)[C]([Co])(CC)C1CC. The van der Waals surface area contributed by atoms with E-state index in [0.29, 0.717) is 4.25 Å². The van der Waals surface area contributed by atoms with Crippen molar-refractivity contribution >= 4 is 13.4 Å². The second-order valence-electron chi connectivity index (χ2n) is 5.20. The fraction of sp³-hybridized carbons (Fsp3) is 1.00. The topological polar surface area (TPSA) is 0 Å². The summed E-state index contributed by atoms with van der Waals surface area (Å²) < 4.78 is 0.302. The van der Waals surface area contributed by atoms with Crippen molar-refractivity contribution in [3.05, 3.63) is 0 Å². The van der Waals surface area contributed by atoms with Crippen molar-refractivity contribution in [2.75, 3.05) is 0 Å². The molecule has 0 N–H and O–H groups in total. The van der Waals surface area contributed by atoms with Gasteiger partial charge in [0.2, 0.25) is 0 Å². The molecule has 15 heavy (non-hydrogen) atoms. The predicted octanol–water partition coefficient (Wildman–Crippen LogP) is 4.39. The summed E-state index contributed by atoms with van der Waals surface area (Å²) in [4.78, 5) is 0. The van der Waals surface area contributed by atoms with Gasteiger partial charge in [0, 0.05) is 0 Å². The first-order valence-corrected chi connectivity index (χ1v) is 7.25. The number of hydrogen-bond acceptors (Lipinski definition) is 0. The fourth-order valence-electron chi connectivity index (χ4n) is 4.23. The van der Waals surface area contributed by atoms with E-state index in [1.165, 1.54) is 25.5 Å². The molecular weight excluding hydrogens is 225 g/mol. The van der Waals surface area contributed by atoms with Gasteiger partial charge >= 0.3 is 105 Å². The molecule has 1 saturated heterocycles. The molecule has 1 rings (SSSR count). The van der Waals surface area contributed by atoms with E-state index in [0.717, 1.165) is 25.0 Å². The van der Waals surface area contributed by atoms with Gasteiger partial charge in [-0.1, -0.05) is 0 Å². The summed E-state index contributed by atoms with van der Waals surface area (Å²) in [6.45, 7) is 13.5. The molecule has 1 aliphatic heterocycles. The first kappa shape index (κ1) is 13.7. The molecule has 3 unspecified atom stereocenters. The summed E-state index contributed by atoms with van der Waals surface area (Å²) >= 11 is 5.16. The summed E-state index contributed by atoms with van der Waals surface area (Å²) in [6.07, 6.45) is 5.15. The van der Waals surface area contributed by atoms with Crippen molar-refractivity contribution in [3.63, 3.8) is 0 Å². The van der Waals surface area contributed by atoms with Crippen molar-refractivity contribution in [1.29, 1.82) is 0 Å². The first-order chi connectivity index (χ1) is 7.06. The van der Waals surface area contributed by atoms with Crippen LogP contribution in [0.3, 0.4) is 0 Å². The number of hydrogen-bond donors (Lipinski definition) is 0. The third-order valence-electron chi connectivity index (χ3n) is 4.90. The molecule has 0 aromatic heterocycles. The average molecular weight is 250 g/mol. The van der Waals surface area contributed by atoms with Gasteiger partial charge in [-0.3, -0.25) is 0 Å². The summed E-state index contributed by atoms with van der Waals surface area (Å²) in [5, 5.41) is 0. The zero-order valence-corrected chi connectivity index (χ0v) is 12.0. The second-order valence-corrected chi connectivity index (χ2v) is 6.17. The summed E-state index contributed by atoms with van der Waals surface area (Å²) in [5.74, 6) is 0.826. The fourth-order valence-corrected chi connectivity index (χ4v) is 5.15. The molecule has 3 heteroatoms. The standard InChI is InChI=1S/C12H25B2.Co/c1-6-11-12(7-2)14(9-4)10(5)13(11)8-3;/h10-11H,6-9H2,1-5H3;. The molecule has 1 heterocycles. The van der Waals surface area contributed by atoms with E-state index in [2.05, 4.69) is 34.6 Å². The zero-order valence-electron chi connectivity index (χ0n) is 11.0. The molecule has 0 radical (unpaired) electrons. The Morgan fingerprint density at radius 1 is 1.13 bits per heavy atom. The van der Waals surface area contributed by atoms with Gasteiger partial charge in [-0.15, -0.1) is 0 Å². The van der Waals surface area contributed by atoms with E-state index in [4.69, 9.17) is 15.7 Å². The Labute approximate surface area is 105 Å². The van der Waals surface area contributed by atoms with Crippen molar-refractivity contribution in [1.82, 2.24) is 0 Å². The van der Waals surface area contributed by atoms with Crippen LogP contribution in [0.1, 0.15) is 47.5 Å². The van der Waals surface area contributed by atoms with Gasteiger partial charge in [-0.2, -0.15) is 0 Å². The molecule has 0 saturated carbocycles. The van der Waals surface area contributed by atoms with Gasteiger partial charge in [0.05, 0.1) is 0 Å². The molecule has 0 aliphatic carbocycles. The molecule has 0 spiro atoms. The van der Waals surface area contributed by atoms with Crippen LogP contribution in [0.4, 0.5) is 0 Å². The Hall–Kier alpha value is 0.636. The van der Waals surface area contributed by atoms with E-state index in [-0.39, 0.29) is 0 Å². The Morgan fingerprint density at radius 2 is 1.73 bits per heavy atom. The first-order valence-electron chi connectivity index (χ1n) is 6.73. The van der Waals surface area contributed by atoms with Crippen molar-refractivity contribution in [2.24, 2.45) is 0 Å². The summed E-state index contributed by atoms with van der Waals surface area (Å²) in [5.41, 5.74) is 0.862. The average Bonchev–Trinajstić information content (AvgIpc) is 2.46. The van der Waals surface area contributed by atoms with Crippen LogP contribution in [0, 0.1) is 0 Å². The molecular formula is C12H25B2Co. The Balaban J connectivity index is 3.01. The number of rotatable bonds is 4. The van der Waals surface area contributed by atoms with Crippen LogP contribution in [-0.4, -0.2) is 13.4 Å². The molecule has 1 fully saturated rings. The van der Waals surface area contributed by atoms with Crippen LogP contribution >= 0.6 is 0 Å². The van der Waals surface area contributed by atoms with E-state index in [1.54, 1.807) is 0 Å². The zero-order chi connectivity index (χ0) is 11.6. The molecule has 0 bridgehead atoms. The Kier molecular flexibility index (Phi) is 4.85.